The van der Waals surface area contributed by atoms with Gasteiger partial charge in [-0.2, -0.15) is 0 Å². The molecule has 0 radical (unpaired) electrons. The third-order valence-corrected chi connectivity index (χ3v) is 3.80. The van der Waals surface area contributed by atoms with E-state index < -0.39 is 5.97 Å². The highest BCUT2D eigenvalue weighted by molar-refractivity contribution is 5.66. The molecule has 1 aliphatic rings. The summed E-state index contributed by atoms with van der Waals surface area (Å²) in [6.07, 6.45) is 5.06. The number of methoxy groups -OCH3 is 1. The van der Waals surface area contributed by atoms with Crippen LogP contribution in [-0.2, 0) is 9.53 Å². The maximum atomic E-state index is 10.8. The maximum absolute atomic E-state index is 10.8. The lowest BCUT2D eigenvalue weighted by Gasteiger charge is -2.46. The second-order valence-electron chi connectivity index (χ2n) is 6.13. The summed E-state index contributed by atoms with van der Waals surface area (Å²) < 4.78 is 5.60. The molecule has 0 spiro atoms. The van der Waals surface area contributed by atoms with Crippen LogP contribution in [-0.4, -0.2) is 47.3 Å². The molecule has 4 heteroatoms. The van der Waals surface area contributed by atoms with Crippen LogP contribution < -0.4 is 0 Å². The van der Waals surface area contributed by atoms with E-state index in [1.165, 1.54) is 12.8 Å². The summed E-state index contributed by atoms with van der Waals surface area (Å²) in [5.41, 5.74) is -0.0196. The molecular weight excluding hydrogens is 230 g/mol. The molecule has 106 valence electrons. The van der Waals surface area contributed by atoms with E-state index in [0.29, 0.717) is 12.6 Å². The third kappa shape index (κ3) is 4.25. The van der Waals surface area contributed by atoms with Gasteiger partial charge in [0.05, 0.1) is 12.5 Å². The molecule has 1 saturated carbocycles. The van der Waals surface area contributed by atoms with Crippen molar-refractivity contribution in [3.05, 3.63) is 0 Å². The molecule has 0 heterocycles. The summed E-state index contributed by atoms with van der Waals surface area (Å²) in [6, 6.07) is 0.350. The minimum atomic E-state index is -0.728. The molecule has 0 bridgehead atoms. The lowest BCUT2D eigenvalue weighted by atomic mass is 9.88. The van der Waals surface area contributed by atoms with Crippen molar-refractivity contribution in [2.45, 2.75) is 70.6 Å². The first-order chi connectivity index (χ1) is 8.36. The minimum absolute atomic E-state index is 0.0196. The van der Waals surface area contributed by atoms with Crippen LogP contribution in [0.5, 0.6) is 0 Å². The first kappa shape index (κ1) is 15.4. The molecular formula is C14H27NO3. The predicted octanol–water partition coefficient (Wildman–Crippen LogP) is 2.52. The second-order valence-corrected chi connectivity index (χ2v) is 6.13. The number of carboxylic acids is 1. The molecule has 1 fully saturated rings. The lowest BCUT2D eigenvalue weighted by molar-refractivity contribution is -0.138. The van der Waals surface area contributed by atoms with Crippen LogP contribution >= 0.6 is 0 Å². The quantitative estimate of drug-likeness (QED) is 0.822. The Morgan fingerprint density at radius 3 is 2.44 bits per heavy atom. The van der Waals surface area contributed by atoms with Crippen molar-refractivity contribution in [1.29, 1.82) is 0 Å². The zero-order valence-electron chi connectivity index (χ0n) is 12.1. The topological polar surface area (TPSA) is 49.8 Å². The first-order valence-corrected chi connectivity index (χ1v) is 6.87. The van der Waals surface area contributed by atoms with Gasteiger partial charge in [-0.3, -0.25) is 9.69 Å². The highest BCUT2D eigenvalue weighted by Gasteiger charge is 2.35. The van der Waals surface area contributed by atoms with E-state index in [4.69, 9.17) is 9.84 Å². The van der Waals surface area contributed by atoms with Crippen molar-refractivity contribution >= 4 is 5.97 Å². The second kappa shape index (κ2) is 6.53. The predicted molar refractivity (Wildman–Crippen MR) is 71.8 cm³/mol. The molecule has 0 saturated heterocycles. The normalized spacial score (nSPS) is 25.4. The largest absolute Gasteiger partial charge is 0.481 e. The Morgan fingerprint density at radius 1 is 1.33 bits per heavy atom. The number of hydrogen-bond donors (Lipinski definition) is 1. The number of nitrogens with zero attached hydrogens (tertiary/aromatic N) is 1. The molecule has 2 unspecified atom stereocenters. The zero-order chi connectivity index (χ0) is 13.8. The molecule has 0 aromatic carbocycles. The molecule has 0 aromatic rings. The van der Waals surface area contributed by atoms with Crippen molar-refractivity contribution in [1.82, 2.24) is 4.90 Å². The molecule has 1 aliphatic carbocycles. The summed E-state index contributed by atoms with van der Waals surface area (Å²) >= 11 is 0. The van der Waals surface area contributed by atoms with Crippen molar-refractivity contribution < 1.29 is 14.6 Å². The van der Waals surface area contributed by atoms with E-state index in [0.717, 1.165) is 12.8 Å². The fourth-order valence-corrected chi connectivity index (χ4v) is 2.92. The zero-order valence-corrected chi connectivity index (χ0v) is 12.1. The van der Waals surface area contributed by atoms with Crippen LogP contribution in [0.25, 0.3) is 0 Å². The van der Waals surface area contributed by atoms with Gasteiger partial charge in [0.25, 0.3) is 0 Å². The number of hydrogen-bond acceptors (Lipinski definition) is 3. The van der Waals surface area contributed by atoms with Crippen molar-refractivity contribution in [3.63, 3.8) is 0 Å². The third-order valence-electron chi connectivity index (χ3n) is 3.80. The van der Waals surface area contributed by atoms with Crippen LogP contribution in [0.4, 0.5) is 0 Å². The Hall–Kier alpha value is -0.610. The van der Waals surface area contributed by atoms with Gasteiger partial charge in [-0.15, -0.1) is 0 Å². The summed E-state index contributed by atoms with van der Waals surface area (Å²) in [6.45, 7) is 7.05. The van der Waals surface area contributed by atoms with Gasteiger partial charge in [0.1, 0.15) is 0 Å². The fraction of sp³-hybridized carbons (Fsp3) is 0.929. The van der Waals surface area contributed by atoms with Crippen LogP contribution in [0.2, 0.25) is 0 Å². The van der Waals surface area contributed by atoms with Gasteiger partial charge >= 0.3 is 5.97 Å². The monoisotopic (exact) mass is 257 g/mol. The maximum Gasteiger partial charge on any atom is 0.304 e. The fourth-order valence-electron chi connectivity index (χ4n) is 2.92. The summed E-state index contributed by atoms with van der Waals surface area (Å²) in [5, 5.41) is 8.89. The molecule has 1 N–H and O–H groups in total. The average Bonchev–Trinajstić information content (AvgIpc) is 2.27. The van der Waals surface area contributed by atoms with Gasteiger partial charge in [-0.1, -0.05) is 12.8 Å². The molecule has 4 nitrogen and oxygen atoms in total. The average molecular weight is 257 g/mol. The summed E-state index contributed by atoms with van der Waals surface area (Å²) in [4.78, 5) is 13.1. The Kier molecular flexibility index (Phi) is 5.60. The Morgan fingerprint density at radius 2 is 1.94 bits per heavy atom. The molecule has 0 aromatic heterocycles. The lowest BCUT2D eigenvalue weighted by Crippen LogP contribution is -2.55. The number of rotatable bonds is 5. The minimum Gasteiger partial charge on any atom is -0.481 e. The Balaban J connectivity index is 2.76. The highest BCUT2D eigenvalue weighted by atomic mass is 16.5. The first-order valence-electron chi connectivity index (χ1n) is 6.87. The number of carboxylic acid groups (broad SMARTS) is 1. The molecule has 1 rings (SSSR count). The molecule has 0 amide bonds. The van der Waals surface area contributed by atoms with Gasteiger partial charge in [-0.25, -0.2) is 0 Å². The summed E-state index contributed by atoms with van der Waals surface area (Å²) in [7, 11) is 1.76. The van der Waals surface area contributed by atoms with Crippen LogP contribution in [0.1, 0.15) is 52.9 Å². The van der Waals surface area contributed by atoms with E-state index in [1.807, 2.05) is 0 Å². The molecule has 2 atom stereocenters. The van der Waals surface area contributed by atoms with Crippen molar-refractivity contribution in [3.8, 4) is 0 Å². The number of ether oxygens (including phenoxy) is 1. The van der Waals surface area contributed by atoms with E-state index in [9.17, 15) is 4.79 Å². The van der Waals surface area contributed by atoms with E-state index in [-0.39, 0.29) is 18.1 Å². The van der Waals surface area contributed by atoms with Gasteiger partial charge in [-0.05, 0) is 33.6 Å². The van der Waals surface area contributed by atoms with Crippen LogP contribution in [0, 0.1) is 0 Å². The van der Waals surface area contributed by atoms with Gasteiger partial charge in [0, 0.05) is 25.2 Å². The standard InChI is InChI=1S/C14H27NO3/c1-14(2,3)15(10-9-13(16)17)11-7-5-6-8-12(11)18-4/h11-12H,5-10H2,1-4H3,(H,16,17). The van der Waals surface area contributed by atoms with E-state index in [1.54, 1.807) is 7.11 Å². The van der Waals surface area contributed by atoms with Gasteiger partial charge in [0.2, 0.25) is 0 Å². The smallest absolute Gasteiger partial charge is 0.304 e. The van der Waals surface area contributed by atoms with Crippen molar-refractivity contribution in [2.75, 3.05) is 13.7 Å². The van der Waals surface area contributed by atoms with Gasteiger partial charge < -0.3 is 9.84 Å². The van der Waals surface area contributed by atoms with Gasteiger partial charge in [0.15, 0.2) is 0 Å². The van der Waals surface area contributed by atoms with E-state index in [2.05, 4.69) is 25.7 Å². The van der Waals surface area contributed by atoms with E-state index >= 15 is 0 Å². The number of aliphatic carboxylic acids is 1. The highest BCUT2D eigenvalue weighted by Crippen LogP contribution is 2.30. The van der Waals surface area contributed by atoms with Crippen LogP contribution in [0.15, 0.2) is 0 Å². The Bertz CT molecular complexity index is 273. The Labute approximate surface area is 110 Å². The van der Waals surface area contributed by atoms with Crippen LogP contribution in [0.3, 0.4) is 0 Å². The SMILES string of the molecule is COC1CCCCC1N(CCC(=O)O)C(C)(C)C. The molecule has 18 heavy (non-hydrogen) atoms. The molecule has 0 aliphatic heterocycles. The van der Waals surface area contributed by atoms with Crippen molar-refractivity contribution in [2.24, 2.45) is 0 Å². The summed E-state index contributed by atoms with van der Waals surface area (Å²) in [5.74, 6) is -0.728. The number of carbonyl (C=O) groups is 1.